The Bertz CT molecular complexity index is 552. The topological polar surface area (TPSA) is 35.5 Å². The van der Waals surface area contributed by atoms with Crippen LogP contribution in [0.4, 0.5) is 0 Å². The van der Waals surface area contributed by atoms with Gasteiger partial charge in [0.2, 0.25) is 0 Å². The molecule has 0 aromatic heterocycles. The summed E-state index contributed by atoms with van der Waals surface area (Å²) >= 11 is 1.67. The average molecular weight is 288 g/mol. The van der Waals surface area contributed by atoms with Gasteiger partial charge in [-0.05, 0) is 36.4 Å². The summed E-state index contributed by atoms with van der Waals surface area (Å²) in [5.74, 6) is 2.47. The third kappa shape index (κ3) is 4.31. The fraction of sp³-hybridized carbons (Fsp3) is 0.188. The first-order valence-corrected chi connectivity index (χ1v) is 7.25. The highest BCUT2D eigenvalue weighted by atomic mass is 32.2. The van der Waals surface area contributed by atoms with Gasteiger partial charge in [0.05, 0.1) is 13.7 Å². The molecule has 0 aliphatic carbocycles. The Morgan fingerprint density at radius 3 is 2.55 bits per heavy atom. The van der Waals surface area contributed by atoms with Crippen LogP contribution in [-0.4, -0.2) is 25.8 Å². The summed E-state index contributed by atoms with van der Waals surface area (Å²) in [5.41, 5.74) is 0.700. The third-order valence-corrected chi connectivity index (χ3v) is 3.63. The lowest BCUT2D eigenvalue weighted by molar-refractivity contribution is 0.112. The number of aldehydes is 1. The lowest BCUT2D eigenvalue weighted by atomic mass is 10.2. The van der Waals surface area contributed by atoms with Gasteiger partial charge >= 0.3 is 0 Å². The van der Waals surface area contributed by atoms with Crippen LogP contribution in [-0.2, 0) is 0 Å². The molecular weight excluding hydrogens is 272 g/mol. The number of ether oxygens (including phenoxy) is 2. The monoisotopic (exact) mass is 288 g/mol. The molecule has 0 N–H and O–H groups in total. The Kier molecular flexibility index (Phi) is 5.50. The number of rotatable bonds is 7. The highest BCUT2D eigenvalue weighted by molar-refractivity contribution is 7.99. The maximum Gasteiger partial charge on any atom is 0.150 e. The Morgan fingerprint density at radius 1 is 1.10 bits per heavy atom. The molecule has 0 saturated carbocycles. The molecule has 0 aliphatic rings. The molecule has 0 spiro atoms. The molecule has 0 saturated heterocycles. The van der Waals surface area contributed by atoms with Gasteiger partial charge < -0.3 is 9.47 Å². The Morgan fingerprint density at radius 2 is 1.85 bits per heavy atom. The molecule has 0 bridgehead atoms. The predicted molar refractivity (Wildman–Crippen MR) is 81.0 cm³/mol. The Labute approximate surface area is 122 Å². The van der Waals surface area contributed by atoms with Crippen molar-refractivity contribution in [2.45, 2.75) is 4.90 Å². The highest BCUT2D eigenvalue weighted by Gasteiger charge is 1.98. The molecule has 0 aliphatic heterocycles. The van der Waals surface area contributed by atoms with Gasteiger partial charge in [-0.1, -0.05) is 12.1 Å². The highest BCUT2D eigenvalue weighted by Crippen LogP contribution is 2.20. The zero-order valence-corrected chi connectivity index (χ0v) is 12.1. The van der Waals surface area contributed by atoms with E-state index in [2.05, 4.69) is 0 Å². The summed E-state index contributed by atoms with van der Waals surface area (Å²) in [6, 6.07) is 15.1. The van der Waals surface area contributed by atoms with Crippen LogP contribution in [0.25, 0.3) is 0 Å². The standard InChI is InChI=1S/C16H16O3S/c1-18-14-5-7-15(8-6-14)19-9-10-20-16-4-2-3-13(11-16)12-17/h2-8,11-12H,9-10H2,1H3. The second-order valence-corrected chi connectivity index (χ2v) is 5.23. The lowest BCUT2D eigenvalue weighted by Crippen LogP contribution is -2.00. The number of benzene rings is 2. The quantitative estimate of drug-likeness (QED) is 0.442. The Hall–Kier alpha value is -1.94. The maximum absolute atomic E-state index is 10.7. The number of methoxy groups -OCH3 is 1. The van der Waals surface area contributed by atoms with E-state index in [4.69, 9.17) is 9.47 Å². The van der Waals surface area contributed by atoms with Crippen LogP contribution in [0.2, 0.25) is 0 Å². The van der Waals surface area contributed by atoms with Crippen molar-refractivity contribution in [3.63, 3.8) is 0 Å². The largest absolute Gasteiger partial charge is 0.497 e. The fourth-order valence-electron chi connectivity index (χ4n) is 1.67. The van der Waals surface area contributed by atoms with Crippen molar-refractivity contribution < 1.29 is 14.3 Å². The molecular formula is C16H16O3S. The first kappa shape index (κ1) is 14.5. The summed E-state index contributed by atoms with van der Waals surface area (Å²) in [6.45, 7) is 0.613. The van der Waals surface area contributed by atoms with Gasteiger partial charge in [-0.3, -0.25) is 4.79 Å². The minimum atomic E-state index is 0.613. The summed E-state index contributed by atoms with van der Waals surface area (Å²) in [4.78, 5) is 11.8. The summed E-state index contributed by atoms with van der Waals surface area (Å²) in [7, 11) is 1.64. The van der Waals surface area contributed by atoms with Crippen LogP contribution in [0.3, 0.4) is 0 Å². The van der Waals surface area contributed by atoms with E-state index in [0.717, 1.165) is 28.4 Å². The van der Waals surface area contributed by atoms with E-state index in [1.807, 2.05) is 42.5 Å². The first-order valence-electron chi connectivity index (χ1n) is 6.27. The first-order chi connectivity index (χ1) is 9.81. The van der Waals surface area contributed by atoms with Crippen molar-refractivity contribution in [1.29, 1.82) is 0 Å². The summed E-state index contributed by atoms with van der Waals surface area (Å²) in [6.07, 6.45) is 0.859. The second kappa shape index (κ2) is 7.60. The van der Waals surface area contributed by atoms with Gasteiger partial charge in [0.15, 0.2) is 0 Å². The number of hydrogen-bond donors (Lipinski definition) is 0. The molecule has 0 heterocycles. The molecule has 4 heteroatoms. The summed E-state index contributed by atoms with van der Waals surface area (Å²) in [5, 5.41) is 0. The zero-order chi connectivity index (χ0) is 14.2. The van der Waals surface area contributed by atoms with Crippen LogP contribution >= 0.6 is 11.8 Å². The Balaban J connectivity index is 1.76. The number of thioether (sulfide) groups is 1. The lowest BCUT2D eigenvalue weighted by Gasteiger charge is -2.07. The zero-order valence-electron chi connectivity index (χ0n) is 11.2. The van der Waals surface area contributed by atoms with E-state index >= 15 is 0 Å². The molecule has 2 rings (SSSR count). The van der Waals surface area contributed by atoms with Crippen molar-refractivity contribution in [2.24, 2.45) is 0 Å². The average Bonchev–Trinajstić information content (AvgIpc) is 2.52. The smallest absolute Gasteiger partial charge is 0.150 e. The molecule has 0 fully saturated rings. The van der Waals surface area contributed by atoms with E-state index < -0.39 is 0 Å². The van der Waals surface area contributed by atoms with Crippen LogP contribution in [0.5, 0.6) is 11.5 Å². The number of carbonyl (C=O) groups excluding carboxylic acids is 1. The van der Waals surface area contributed by atoms with Gasteiger partial charge in [0.1, 0.15) is 17.8 Å². The van der Waals surface area contributed by atoms with E-state index in [9.17, 15) is 4.79 Å². The molecule has 3 nitrogen and oxygen atoms in total. The van der Waals surface area contributed by atoms with Gasteiger partial charge in [0.25, 0.3) is 0 Å². The van der Waals surface area contributed by atoms with Gasteiger partial charge in [-0.15, -0.1) is 11.8 Å². The summed E-state index contributed by atoms with van der Waals surface area (Å²) < 4.78 is 10.7. The normalized spacial score (nSPS) is 10.1. The van der Waals surface area contributed by atoms with Crippen LogP contribution in [0.15, 0.2) is 53.4 Å². The third-order valence-electron chi connectivity index (χ3n) is 2.67. The van der Waals surface area contributed by atoms with Crippen LogP contribution in [0.1, 0.15) is 10.4 Å². The molecule has 2 aromatic rings. The minimum absolute atomic E-state index is 0.613. The molecule has 0 amide bonds. The minimum Gasteiger partial charge on any atom is -0.497 e. The van der Waals surface area contributed by atoms with Crippen LogP contribution < -0.4 is 9.47 Å². The van der Waals surface area contributed by atoms with E-state index in [1.165, 1.54) is 0 Å². The molecule has 0 radical (unpaired) electrons. The van der Waals surface area contributed by atoms with Crippen LogP contribution in [0, 0.1) is 0 Å². The number of hydrogen-bond acceptors (Lipinski definition) is 4. The van der Waals surface area contributed by atoms with E-state index in [0.29, 0.717) is 12.2 Å². The molecule has 104 valence electrons. The second-order valence-electron chi connectivity index (χ2n) is 4.06. The molecule has 0 atom stereocenters. The predicted octanol–water partition coefficient (Wildman–Crippen LogP) is 3.68. The molecule has 2 aromatic carbocycles. The van der Waals surface area contributed by atoms with Crippen molar-refractivity contribution in [2.75, 3.05) is 19.5 Å². The van der Waals surface area contributed by atoms with Crippen molar-refractivity contribution in [3.8, 4) is 11.5 Å². The van der Waals surface area contributed by atoms with Gasteiger partial charge in [-0.25, -0.2) is 0 Å². The van der Waals surface area contributed by atoms with Crippen molar-refractivity contribution in [1.82, 2.24) is 0 Å². The molecule has 20 heavy (non-hydrogen) atoms. The van der Waals surface area contributed by atoms with Gasteiger partial charge in [-0.2, -0.15) is 0 Å². The van der Waals surface area contributed by atoms with E-state index in [-0.39, 0.29) is 0 Å². The van der Waals surface area contributed by atoms with Crippen molar-refractivity contribution >= 4 is 18.0 Å². The van der Waals surface area contributed by atoms with Gasteiger partial charge in [0, 0.05) is 16.2 Å². The van der Waals surface area contributed by atoms with E-state index in [1.54, 1.807) is 24.9 Å². The molecule has 0 unspecified atom stereocenters. The van der Waals surface area contributed by atoms with Crippen molar-refractivity contribution in [3.05, 3.63) is 54.1 Å². The SMILES string of the molecule is COc1ccc(OCCSc2cccc(C=O)c2)cc1. The fourth-order valence-corrected chi connectivity index (χ4v) is 2.47. The number of carbonyl (C=O) groups is 1. The maximum atomic E-state index is 10.7.